The van der Waals surface area contributed by atoms with E-state index in [9.17, 15) is 14.0 Å². The minimum absolute atomic E-state index is 0.220. The van der Waals surface area contributed by atoms with Gasteiger partial charge in [-0.25, -0.2) is 9.18 Å². The molecule has 0 spiro atoms. The van der Waals surface area contributed by atoms with Crippen molar-refractivity contribution in [2.45, 2.75) is 13.5 Å². The number of aliphatic carboxylic acids is 1. The van der Waals surface area contributed by atoms with Crippen molar-refractivity contribution in [2.24, 2.45) is 0 Å². The van der Waals surface area contributed by atoms with Gasteiger partial charge >= 0.3 is 12.0 Å². The van der Waals surface area contributed by atoms with E-state index in [1.54, 1.807) is 13.0 Å². The zero-order chi connectivity index (χ0) is 12.8. The number of carboxylic acids is 1. The molecule has 5 nitrogen and oxygen atoms in total. The lowest BCUT2D eigenvalue weighted by molar-refractivity contribution is -0.135. The average molecular weight is 240 g/mol. The third-order valence-corrected chi connectivity index (χ3v) is 2.14. The van der Waals surface area contributed by atoms with Crippen LogP contribution in [0.5, 0.6) is 0 Å². The zero-order valence-corrected chi connectivity index (χ0v) is 9.29. The molecule has 2 amide bonds. The molecule has 1 rings (SSSR count). The molecule has 0 radical (unpaired) electrons. The Kier molecular flexibility index (Phi) is 4.45. The predicted molar refractivity (Wildman–Crippen MR) is 59.0 cm³/mol. The molecular formula is C11H13FN2O3. The Morgan fingerprint density at radius 1 is 1.35 bits per heavy atom. The number of hydrogen-bond donors (Lipinski definition) is 3. The number of halogens is 1. The summed E-state index contributed by atoms with van der Waals surface area (Å²) in [6.07, 6.45) is 0. The number of nitrogens with one attached hydrogen (secondary N) is 2. The van der Waals surface area contributed by atoms with Gasteiger partial charge in [0.05, 0.1) is 0 Å². The fourth-order valence-electron chi connectivity index (χ4n) is 1.25. The van der Waals surface area contributed by atoms with Crippen LogP contribution < -0.4 is 10.6 Å². The van der Waals surface area contributed by atoms with E-state index >= 15 is 0 Å². The van der Waals surface area contributed by atoms with Crippen molar-refractivity contribution >= 4 is 12.0 Å². The highest BCUT2D eigenvalue weighted by Crippen LogP contribution is 2.09. The highest BCUT2D eigenvalue weighted by Gasteiger charge is 2.04. The summed E-state index contributed by atoms with van der Waals surface area (Å²) in [6.45, 7) is 1.51. The van der Waals surface area contributed by atoms with Crippen LogP contribution in [0.1, 0.15) is 11.1 Å². The third-order valence-electron chi connectivity index (χ3n) is 2.14. The van der Waals surface area contributed by atoms with Crippen LogP contribution in [0.4, 0.5) is 9.18 Å². The summed E-state index contributed by atoms with van der Waals surface area (Å²) in [4.78, 5) is 21.3. The topological polar surface area (TPSA) is 78.4 Å². The van der Waals surface area contributed by atoms with Crippen molar-refractivity contribution in [2.75, 3.05) is 6.54 Å². The molecule has 3 N–H and O–H groups in total. The number of hydrogen-bond acceptors (Lipinski definition) is 2. The van der Waals surface area contributed by atoms with E-state index in [-0.39, 0.29) is 12.4 Å². The molecule has 17 heavy (non-hydrogen) atoms. The summed E-state index contributed by atoms with van der Waals surface area (Å²) < 4.78 is 12.8. The molecule has 92 valence electrons. The Hall–Kier alpha value is -2.11. The van der Waals surface area contributed by atoms with Crippen LogP contribution in [-0.4, -0.2) is 23.7 Å². The molecule has 0 aliphatic rings. The third kappa shape index (κ3) is 4.50. The second-order valence-electron chi connectivity index (χ2n) is 3.50. The second-order valence-corrected chi connectivity index (χ2v) is 3.50. The average Bonchev–Trinajstić information content (AvgIpc) is 2.25. The summed E-state index contributed by atoms with van der Waals surface area (Å²) in [5.74, 6) is -1.44. The lowest BCUT2D eigenvalue weighted by atomic mass is 10.1. The quantitative estimate of drug-likeness (QED) is 0.735. The summed E-state index contributed by atoms with van der Waals surface area (Å²) in [5, 5.41) is 13.0. The first-order valence-electron chi connectivity index (χ1n) is 4.97. The minimum Gasteiger partial charge on any atom is -0.480 e. The first-order valence-corrected chi connectivity index (χ1v) is 4.97. The summed E-state index contributed by atoms with van der Waals surface area (Å²) in [6, 6.07) is 3.67. The molecule has 0 aliphatic carbocycles. The lowest BCUT2D eigenvalue weighted by Gasteiger charge is -2.08. The predicted octanol–water partition coefficient (Wildman–Crippen LogP) is 1.02. The highest BCUT2D eigenvalue weighted by molar-refractivity contribution is 5.79. The van der Waals surface area contributed by atoms with E-state index in [0.717, 1.165) is 11.1 Å². The molecule has 0 fully saturated rings. The normalized spacial score (nSPS) is 9.76. The Labute approximate surface area is 97.6 Å². The molecule has 0 saturated carbocycles. The van der Waals surface area contributed by atoms with Crippen LogP contribution >= 0.6 is 0 Å². The minimum atomic E-state index is -1.11. The van der Waals surface area contributed by atoms with Gasteiger partial charge in [-0.1, -0.05) is 6.07 Å². The lowest BCUT2D eigenvalue weighted by Crippen LogP contribution is -2.38. The molecule has 6 heteroatoms. The van der Waals surface area contributed by atoms with Crippen molar-refractivity contribution in [3.05, 3.63) is 35.1 Å². The van der Waals surface area contributed by atoms with Crippen LogP contribution in [0.3, 0.4) is 0 Å². The maximum Gasteiger partial charge on any atom is 0.323 e. The summed E-state index contributed by atoms with van der Waals surface area (Å²) in [7, 11) is 0. The largest absolute Gasteiger partial charge is 0.480 e. The van der Waals surface area contributed by atoms with E-state index in [4.69, 9.17) is 5.11 Å². The van der Waals surface area contributed by atoms with E-state index < -0.39 is 18.5 Å². The van der Waals surface area contributed by atoms with Crippen molar-refractivity contribution < 1.29 is 19.1 Å². The van der Waals surface area contributed by atoms with Crippen molar-refractivity contribution in [1.29, 1.82) is 0 Å². The van der Waals surface area contributed by atoms with Gasteiger partial charge < -0.3 is 15.7 Å². The van der Waals surface area contributed by atoms with Gasteiger partial charge in [0, 0.05) is 6.54 Å². The fraction of sp³-hybridized carbons (Fsp3) is 0.273. The van der Waals surface area contributed by atoms with Crippen LogP contribution in [0.2, 0.25) is 0 Å². The van der Waals surface area contributed by atoms with E-state index in [1.807, 2.05) is 0 Å². The van der Waals surface area contributed by atoms with Gasteiger partial charge in [0.2, 0.25) is 0 Å². The SMILES string of the molecule is Cc1cc(F)ccc1CNC(=O)NCC(=O)O. The smallest absolute Gasteiger partial charge is 0.323 e. The Morgan fingerprint density at radius 3 is 2.65 bits per heavy atom. The fourth-order valence-corrected chi connectivity index (χ4v) is 1.25. The van der Waals surface area contributed by atoms with Gasteiger partial charge in [0.1, 0.15) is 12.4 Å². The maximum atomic E-state index is 12.8. The van der Waals surface area contributed by atoms with Crippen LogP contribution in [0.25, 0.3) is 0 Å². The molecule has 0 saturated heterocycles. The number of aryl methyl sites for hydroxylation is 1. The van der Waals surface area contributed by atoms with Gasteiger partial charge in [-0.05, 0) is 30.2 Å². The molecule has 0 heterocycles. The number of carboxylic acid groups (broad SMARTS) is 1. The molecule has 0 aromatic heterocycles. The number of rotatable bonds is 4. The highest BCUT2D eigenvalue weighted by atomic mass is 19.1. The number of carbonyl (C=O) groups excluding carboxylic acids is 1. The molecule has 1 aromatic carbocycles. The van der Waals surface area contributed by atoms with E-state index in [1.165, 1.54) is 12.1 Å². The standard InChI is InChI=1S/C11H13FN2O3/c1-7-4-9(12)3-2-8(7)5-13-11(17)14-6-10(15)16/h2-4H,5-6H2,1H3,(H,15,16)(H2,13,14,17). The number of benzene rings is 1. The number of amides is 2. The summed E-state index contributed by atoms with van der Waals surface area (Å²) >= 11 is 0. The zero-order valence-electron chi connectivity index (χ0n) is 9.29. The molecule has 0 aliphatic heterocycles. The van der Waals surface area contributed by atoms with Crippen LogP contribution in [0.15, 0.2) is 18.2 Å². The van der Waals surface area contributed by atoms with Crippen molar-refractivity contribution in [1.82, 2.24) is 10.6 Å². The Morgan fingerprint density at radius 2 is 2.06 bits per heavy atom. The van der Waals surface area contributed by atoms with Crippen LogP contribution in [-0.2, 0) is 11.3 Å². The van der Waals surface area contributed by atoms with E-state index in [0.29, 0.717) is 0 Å². The van der Waals surface area contributed by atoms with Crippen molar-refractivity contribution in [3.63, 3.8) is 0 Å². The maximum absolute atomic E-state index is 12.8. The molecule has 0 unspecified atom stereocenters. The molecule has 1 aromatic rings. The molecule has 0 atom stereocenters. The van der Waals surface area contributed by atoms with Gasteiger partial charge in [0.25, 0.3) is 0 Å². The van der Waals surface area contributed by atoms with Crippen LogP contribution in [0, 0.1) is 12.7 Å². The first-order chi connectivity index (χ1) is 7.99. The first kappa shape index (κ1) is 13.0. The van der Waals surface area contributed by atoms with Gasteiger partial charge in [-0.2, -0.15) is 0 Å². The van der Waals surface area contributed by atoms with Crippen molar-refractivity contribution in [3.8, 4) is 0 Å². The number of carbonyl (C=O) groups is 2. The van der Waals surface area contributed by atoms with Gasteiger partial charge in [-0.3, -0.25) is 4.79 Å². The Bertz CT molecular complexity index is 435. The van der Waals surface area contributed by atoms with E-state index in [2.05, 4.69) is 10.6 Å². The number of urea groups is 1. The van der Waals surface area contributed by atoms with Gasteiger partial charge in [0.15, 0.2) is 0 Å². The monoisotopic (exact) mass is 240 g/mol. The molecule has 0 bridgehead atoms. The summed E-state index contributed by atoms with van der Waals surface area (Å²) in [5.41, 5.74) is 1.50. The molecular weight excluding hydrogens is 227 g/mol. The van der Waals surface area contributed by atoms with Gasteiger partial charge in [-0.15, -0.1) is 0 Å². The second kappa shape index (κ2) is 5.83. The Balaban J connectivity index is 2.44.